The van der Waals surface area contributed by atoms with Crippen molar-refractivity contribution in [2.45, 2.75) is 46.0 Å². The molecule has 1 saturated heterocycles. The molecule has 1 fully saturated rings. The summed E-state index contributed by atoms with van der Waals surface area (Å²) in [4.78, 5) is 33.1. The van der Waals surface area contributed by atoms with Gasteiger partial charge in [-0.25, -0.2) is 4.98 Å². The van der Waals surface area contributed by atoms with E-state index in [-0.39, 0.29) is 11.9 Å². The predicted molar refractivity (Wildman–Crippen MR) is 115 cm³/mol. The third-order valence-electron chi connectivity index (χ3n) is 5.48. The zero-order valence-corrected chi connectivity index (χ0v) is 18.5. The van der Waals surface area contributed by atoms with Crippen LogP contribution in [0.4, 0.5) is 0 Å². The molecule has 0 N–H and O–H groups in total. The summed E-state index contributed by atoms with van der Waals surface area (Å²) in [5, 5.41) is 0.644. The van der Waals surface area contributed by atoms with Gasteiger partial charge in [-0.05, 0) is 57.2 Å². The van der Waals surface area contributed by atoms with Crippen molar-refractivity contribution in [2.24, 2.45) is 5.41 Å². The summed E-state index contributed by atoms with van der Waals surface area (Å²) in [6.07, 6.45) is 3.12. The molecule has 1 aliphatic heterocycles. The number of piperidine rings is 1. The molecule has 1 amide bonds. The van der Waals surface area contributed by atoms with Crippen LogP contribution < -0.4 is 0 Å². The lowest BCUT2D eigenvalue weighted by Gasteiger charge is -2.41. The molecule has 1 aromatic heterocycles. The summed E-state index contributed by atoms with van der Waals surface area (Å²) in [7, 11) is 0. The van der Waals surface area contributed by atoms with E-state index in [4.69, 9.17) is 16.3 Å². The molecule has 29 heavy (non-hydrogen) atoms. The number of hydrogen-bond donors (Lipinski definition) is 0. The molecule has 0 spiro atoms. The first-order valence-electron chi connectivity index (χ1n) is 10.0. The molecule has 5 nitrogen and oxygen atoms in total. The van der Waals surface area contributed by atoms with Crippen molar-refractivity contribution in [2.75, 3.05) is 19.7 Å². The summed E-state index contributed by atoms with van der Waals surface area (Å²) < 4.78 is 5.43. The Labute approximate surface area is 181 Å². The number of ether oxygens (including phenoxy) is 1. The molecule has 0 saturated carbocycles. The minimum Gasteiger partial charge on any atom is -0.466 e. The standard InChI is InChI=1S/C22H27ClN2O3S/c1-3-28-21(27)22(13-17-6-4-7-18(23)12-17)10-5-11-25(14-22)20(26)9-8-19-16(2)24-15-29-19/h4,6-7,12,15H,3,5,8-11,13-14H2,1-2H3/t22-/m0/s1. The van der Waals surface area contributed by atoms with E-state index in [1.165, 1.54) is 0 Å². The number of hydrogen-bond acceptors (Lipinski definition) is 5. The molecule has 2 aromatic rings. The first kappa shape index (κ1) is 21.8. The van der Waals surface area contributed by atoms with Gasteiger partial charge in [-0.1, -0.05) is 23.7 Å². The van der Waals surface area contributed by atoms with E-state index < -0.39 is 5.41 Å². The first-order valence-corrected chi connectivity index (χ1v) is 11.3. The summed E-state index contributed by atoms with van der Waals surface area (Å²) in [5.41, 5.74) is 3.06. The van der Waals surface area contributed by atoms with E-state index in [9.17, 15) is 9.59 Å². The molecule has 2 heterocycles. The topological polar surface area (TPSA) is 59.5 Å². The minimum atomic E-state index is -0.727. The van der Waals surface area contributed by atoms with Gasteiger partial charge >= 0.3 is 5.97 Å². The maximum absolute atomic E-state index is 13.0. The molecule has 0 bridgehead atoms. The third kappa shape index (κ3) is 5.37. The number of esters is 1. The van der Waals surface area contributed by atoms with Gasteiger partial charge in [0.05, 0.1) is 23.2 Å². The lowest BCUT2D eigenvalue weighted by Crippen LogP contribution is -2.51. The van der Waals surface area contributed by atoms with Crippen molar-refractivity contribution in [3.63, 3.8) is 0 Å². The fraction of sp³-hybridized carbons (Fsp3) is 0.500. The van der Waals surface area contributed by atoms with E-state index in [0.29, 0.717) is 50.4 Å². The molecule has 0 aliphatic carbocycles. The summed E-state index contributed by atoms with van der Waals surface area (Å²) in [5.74, 6) is -0.145. The Bertz CT molecular complexity index is 869. The van der Waals surface area contributed by atoms with Gasteiger partial charge in [-0.3, -0.25) is 9.59 Å². The van der Waals surface area contributed by atoms with E-state index in [1.54, 1.807) is 11.3 Å². The zero-order valence-electron chi connectivity index (χ0n) is 16.9. The number of likely N-dealkylation sites (tertiary alicyclic amines) is 1. The highest BCUT2D eigenvalue weighted by Gasteiger charge is 2.44. The van der Waals surface area contributed by atoms with Gasteiger partial charge in [0.2, 0.25) is 5.91 Å². The van der Waals surface area contributed by atoms with E-state index in [1.807, 2.05) is 48.5 Å². The van der Waals surface area contributed by atoms with Crippen molar-refractivity contribution in [3.05, 3.63) is 50.9 Å². The molecule has 156 valence electrons. The van der Waals surface area contributed by atoms with Gasteiger partial charge in [0.25, 0.3) is 0 Å². The highest BCUT2D eigenvalue weighted by Crippen LogP contribution is 2.36. The molecule has 7 heteroatoms. The van der Waals surface area contributed by atoms with Crippen LogP contribution in [-0.2, 0) is 27.2 Å². The Balaban J connectivity index is 1.74. The molecule has 0 unspecified atom stereocenters. The Kier molecular flexibility index (Phi) is 7.30. The van der Waals surface area contributed by atoms with Crippen LogP contribution in [0, 0.1) is 12.3 Å². The molecule has 3 rings (SSSR count). The monoisotopic (exact) mass is 434 g/mol. The Morgan fingerprint density at radius 3 is 2.90 bits per heavy atom. The second-order valence-corrected chi connectivity index (χ2v) is 8.96. The first-order chi connectivity index (χ1) is 13.9. The van der Waals surface area contributed by atoms with Crippen LogP contribution in [-0.4, -0.2) is 41.5 Å². The maximum Gasteiger partial charge on any atom is 0.314 e. The average Bonchev–Trinajstić information content (AvgIpc) is 3.11. The normalized spacial score (nSPS) is 19.2. The number of aromatic nitrogens is 1. The highest BCUT2D eigenvalue weighted by atomic mass is 35.5. The Hall–Kier alpha value is -1.92. The van der Waals surface area contributed by atoms with Crippen molar-refractivity contribution in [1.29, 1.82) is 0 Å². The van der Waals surface area contributed by atoms with Crippen LogP contribution in [0.25, 0.3) is 0 Å². The number of aryl methyl sites for hydroxylation is 2. The highest BCUT2D eigenvalue weighted by molar-refractivity contribution is 7.09. The average molecular weight is 435 g/mol. The quantitative estimate of drug-likeness (QED) is 0.604. The number of benzene rings is 1. The molecular weight excluding hydrogens is 408 g/mol. The number of rotatable bonds is 7. The maximum atomic E-state index is 13.0. The molecular formula is C22H27ClN2O3S. The van der Waals surface area contributed by atoms with E-state index in [0.717, 1.165) is 22.6 Å². The second-order valence-electron chi connectivity index (χ2n) is 7.59. The van der Waals surface area contributed by atoms with Crippen LogP contribution in [0.2, 0.25) is 5.02 Å². The summed E-state index contributed by atoms with van der Waals surface area (Å²) in [6.45, 7) is 5.17. The lowest BCUT2D eigenvalue weighted by molar-refractivity contribution is -0.160. The van der Waals surface area contributed by atoms with Crippen molar-refractivity contribution in [3.8, 4) is 0 Å². The third-order valence-corrected chi connectivity index (χ3v) is 6.71. The number of thiazole rings is 1. The van der Waals surface area contributed by atoms with E-state index >= 15 is 0 Å². The fourth-order valence-electron chi connectivity index (χ4n) is 3.99. The largest absolute Gasteiger partial charge is 0.466 e. The number of carbonyl (C=O) groups is 2. The van der Waals surface area contributed by atoms with Crippen LogP contribution >= 0.6 is 22.9 Å². The fourth-order valence-corrected chi connectivity index (χ4v) is 4.99. The van der Waals surface area contributed by atoms with Crippen molar-refractivity contribution in [1.82, 2.24) is 9.88 Å². The SMILES string of the molecule is CCOC(=O)[C@]1(Cc2cccc(Cl)c2)CCCN(C(=O)CCc2scnc2C)C1. The Morgan fingerprint density at radius 2 is 2.21 bits per heavy atom. The zero-order chi connectivity index (χ0) is 20.9. The smallest absolute Gasteiger partial charge is 0.314 e. The number of amides is 1. The summed E-state index contributed by atoms with van der Waals surface area (Å²) >= 11 is 7.73. The van der Waals surface area contributed by atoms with Crippen molar-refractivity contribution >= 4 is 34.8 Å². The second kappa shape index (κ2) is 9.72. The molecule has 1 aromatic carbocycles. The number of carbonyl (C=O) groups excluding carboxylic acids is 2. The Morgan fingerprint density at radius 1 is 1.38 bits per heavy atom. The molecule has 0 radical (unpaired) electrons. The predicted octanol–water partition coefficient (Wildman–Crippen LogP) is 4.45. The molecule has 1 atom stereocenters. The van der Waals surface area contributed by atoms with Crippen molar-refractivity contribution < 1.29 is 14.3 Å². The van der Waals surface area contributed by atoms with Crippen LogP contribution in [0.15, 0.2) is 29.8 Å². The van der Waals surface area contributed by atoms with Gasteiger partial charge in [0.15, 0.2) is 0 Å². The van der Waals surface area contributed by atoms with Crippen LogP contribution in [0.5, 0.6) is 0 Å². The van der Waals surface area contributed by atoms with Gasteiger partial charge < -0.3 is 9.64 Å². The number of nitrogens with zero attached hydrogens (tertiary/aromatic N) is 2. The van der Waals surface area contributed by atoms with Gasteiger partial charge in [0.1, 0.15) is 0 Å². The lowest BCUT2D eigenvalue weighted by atomic mass is 9.75. The number of halogens is 1. The van der Waals surface area contributed by atoms with Gasteiger partial charge in [-0.2, -0.15) is 0 Å². The molecule has 1 aliphatic rings. The van der Waals surface area contributed by atoms with Gasteiger partial charge in [0, 0.05) is 29.4 Å². The van der Waals surface area contributed by atoms with Crippen LogP contribution in [0.1, 0.15) is 42.3 Å². The van der Waals surface area contributed by atoms with Gasteiger partial charge in [-0.15, -0.1) is 11.3 Å². The minimum absolute atomic E-state index is 0.0808. The van der Waals surface area contributed by atoms with E-state index in [2.05, 4.69) is 4.98 Å². The summed E-state index contributed by atoms with van der Waals surface area (Å²) in [6, 6.07) is 7.57. The van der Waals surface area contributed by atoms with Crippen LogP contribution in [0.3, 0.4) is 0 Å².